The predicted octanol–water partition coefficient (Wildman–Crippen LogP) is 2.55. The lowest BCUT2D eigenvalue weighted by Gasteiger charge is -2.11. The van der Waals surface area contributed by atoms with E-state index in [1.807, 2.05) is 6.07 Å². The number of carbonyl (C=O) groups excluding carboxylic acids is 2. The van der Waals surface area contributed by atoms with E-state index in [0.717, 1.165) is 29.1 Å². The van der Waals surface area contributed by atoms with Crippen molar-refractivity contribution < 1.29 is 9.59 Å². The Bertz CT molecular complexity index is 1050. The molecule has 0 saturated heterocycles. The van der Waals surface area contributed by atoms with Crippen molar-refractivity contribution in [3.8, 4) is 0 Å². The fourth-order valence-corrected chi connectivity index (χ4v) is 3.51. The quantitative estimate of drug-likeness (QED) is 0.301. The maximum atomic E-state index is 12.1. The minimum atomic E-state index is -0.280. The highest BCUT2D eigenvalue weighted by molar-refractivity contribution is 7.99. The number of carbonyl (C=O) groups is 2. The Morgan fingerprint density at radius 1 is 1.12 bits per heavy atom. The van der Waals surface area contributed by atoms with Gasteiger partial charge in [-0.3, -0.25) is 9.59 Å². The number of hydrogen-bond donors (Lipinski definition) is 3. The molecule has 9 nitrogen and oxygen atoms in total. The summed E-state index contributed by atoms with van der Waals surface area (Å²) in [6.45, 7) is 7.88. The molecule has 0 spiro atoms. The Kier molecular flexibility index (Phi) is 8.43. The average Bonchev–Trinajstić information content (AvgIpc) is 3.19. The second-order valence-electron chi connectivity index (χ2n) is 7.57. The third-order valence-electron chi connectivity index (χ3n) is 4.52. The van der Waals surface area contributed by atoms with Gasteiger partial charge in [-0.25, -0.2) is 14.6 Å². The van der Waals surface area contributed by atoms with Crippen LogP contribution in [0.4, 0.5) is 5.82 Å². The van der Waals surface area contributed by atoms with Crippen molar-refractivity contribution in [2.24, 2.45) is 5.92 Å². The van der Waals surface area contributed by atoms with E-state index in [-0.39, 0.29) is 18.4 Å². The van der Waals surface area contributed by atoms with E-state index in [1.165, 1.54) is 0 Å². The van der Waals surface area contributed by atoms with E-state index in [4.69, 9.17) is 0 Å². The molecule has 10 heteroatoms. The molecule has 3 aromatic rings. The number of anilines is 1. The van der Waals surface area contributed by atoms with Gasteiger partial charge in [0.25, 0.3) is 5.91 Å². The molecule has 3 rings (SSSR count). The van der Waals surface area contributed by atoms with E-state index >= 15 is 0 Å². The summed E-state index contributed by atoms with van der Waals surface area (Å²) in [5, 5.41) is 14.8. The van der Waals surface area contributed by atoms with Crippen LogP contribution in [-0.2, 0) is 11.3 Å². The summed E-state index contributed by atoms with van der Waals surface area (Å²) in [7, 11) is 0. The molecule has 0 unspecified atom stereocenters. The van der Waals surface area contributed by atoms with Crippen molar-refractivity contribution >= 4 is 40.4 Å². The minimum absolute atomic E-state index is 0.0870. The van der Waals surface area contributed by atoms with Crippen LogP contribution >= 0.6 is 11.8 Å². The average molecular weight is 456 g/mol. The Hall–Kier alpha value is -3.14. The maximum Gasteiger partial charge on any atom is 0.251 e. The normalized spacial score (nSPS) is 11.0. The highest BCUT2D eigenvalue weighted by Gasteiger charge is 2.14. The number of benzene rings is 1. The highest BCUT2D eigenvalue weighted by atomic mass is 32.2. The van der Waals surface area contributed by atoms with E-state index in [1.54, 1.807) is 46.9 Å². The van der Waals surface area contributed by atoms with Crippen molar-refractivity contribution in [1.82, 2.24) is 30.4 Å². The zero-order chi connectivity index (χ0) is 22.9. The number of thioether (sulfide) groups is 1. The van der Waals surface area contributed by atoms with Crippen LogP contribution in [0.15, 0.2) is 41.7 Å². The summed E-state index contributed by atoms with van der Waals surface area (Å²) >= 11 is 1.57. The first-order chi connectivity index (χ1) is 15.5. The lowest BCUT2D eigenvalue weighted by Crippen LogP contribution is -2.38. The third-order valence-corrected chi connectivity index (χ3v) is 5.25. The molecule has 0 bridgehead atoms. The maximum absolute atomic E-state index is 12.1. The van der Waals surface area contributed by atoms with Crippen LogP contribution in [-0.4, -0.2) is 56.9 Å². The van der Waals surface area contributed by atoms with E-state index in [9.17, 15) is 9.59 Å². The number of nitrogens with one attached hydrogen (secondary N) is 3. The van der Waals surface area contributed by atoms with Gasteiger partial charge in [0.2, 0.25) is 5.91 Å². The molecule has 0 atom stereocenters. The van der Waals surface area contributed by atoms with Gasteiger partial charge in [-0.05, 0) is 23.8 Å². The largest absolute Gasteiger partial charge is 0.369 e. The van der Waals surface area contributed by atoms with Gasteiger partial charge < -0.3 is 16.0 Å². The second-order valence-corrected chi connectivity index (χ2v) is 8.80. The number of aromatic nitrogens is 4. The summed E-state index contributed by atoms with van der Waals surface area (Å²) < 4.78 is 1.76. The van der Waals surface area contributed by atoms with Crippen LogP contribution in [0.2, 0.25) is 0 Å². The Labute approximate surface area is 191 Å². The molecule has 0 radical (unpaired) electrons. The Morgan fingerprint density at radius 2 is 1.91 bits per heavy atom. The van der Waals surface area contributed by atoms with Crippen molar-refractivity contribution in [2.45, 2.75) is 32.5 Å². The van der Waals surface area contributed by atoms with Crippen LogP contribution in [0.5, 0.6) is 0 Å². The van der Waals surface area contributed by atoms with Crippen LogP contribution in [0, 0.1) is 5.92 Å². The zero-order valence-corrected chi connectivity index (χ0v) is 19.4. The number of rotatable bonds is 11. The summed E-state index contributed by atoms with van der Waals surface area (Å²) in [4.78, 5) is 33.4. The zero-order valence-electron chi connectivity index (χ0n) is 18.6. The van der Waals surface area contributed by atoms with Gasteiger partial charge in [0.05, 0.1) is 24.7 Å². The molecular weight excluding hydrogens is 426 g/mol. The molecule has 2 heterocycles. The SMILES string of the molecule is CCSc1nc(NCC(C)C)c2cnn(CCNC(=O)CNC(=O)c3ccccc3)c2n1. The fourth-order valence-electron chi connectivity index (χ4n) is 2.94. The van der Waals surface area contributed by atoms with Gasteiger partial charge in [-0.15, -0.1) is 0 Å². The van der Waals surface area contributed by atoms with Gasteiger partial charge in [0.15, 0.2) is 10.8 Å². The molecule has 1 aromatic carbocycles. The Balaban J connectivity index is 1.58. The summed E-state index contributed by atoms with van der Waals surface area (Å²) in [5.41, 5.74) is 1.25. The van der Waals surface area contributed by atoms with Crippen LogP contribution in [0.1, 0.15) is 31.1 Å². The number of nitrogens with zero attached hydrogens (tertiary/aromatic N) is 4. The van der Waals surface area contributed by atoms with Crippen molar-refractivity contribution in [1.29, 1.82) is 0 Å². The third kappa shape index (κ3) is 6.43. The molecule has 2 aromatic heterocycles. The van der Waals surface area contributed by atoms with Crippen LogP contribution in [0.3, 0.4) is 0 Å². The lowest BCUT2D eigenvalue weighted by atomic mass is 10.2. The topological polar surface area (TPSA) is 114 Å². The van der Waals surface area contributed by atoms with E-state index in [2.05, 4.69) is 51.8 Å². The van der Waals surface area contributed by atoms with Gasteiger partial charge in [0.1, 0.15) is 5.82 Å². The van der Waals surface area contributed by atoms with E-state index < -0.39 is 0 Å². The standard InChI is InChI=1S/C22H29N7O2S/c1-4-32-22-27-19(24-12-15(2)3)17-13-26-29(20(17)28-22)11-10-23-18(30)14-25-21(31)16-8-6-5-7-9-16/h5-9,13,15H,4,10-12,14H2,1-3H3,(H,23,30)(H,25,31)(H,24,27,28). The van der Waals surface area contributed by atoms with Crippen molar-refractivity contribution in [3.05, 3.63) is 42.1 Å². The molecule has 0 aliphatic carbocycles. The van der Waals surface area contributed by atoms with Gasteiger partial charge in [-0.2, -0.15) is 5.10 Å². The van der Waals surface area contributed by atoms with Crippen molar-refractivity contribution in [3.63, 3.8) is 0 Å². The molecular formula is C22H29N7O2S. The predicted molar refractivity (Wildman–Crippen MR) is 127 cm³/mol. The van der Waals surface area contributed by atoms with Gasteiger partial charge in [0, 0.05) is 18.7 Å². The first kappa shape index (κ1) is 23.5. The summed E-state index contributed by atoms with van der Waals surface area (Å²) in [6.07, 6.45) is 1.75. The molecule has 32 heavy (non-hydrogen) atoms. The van der Waals surface area contributed by atoms with E-state index in [0.29, 0.717) is 29.7 Å². The molecule has 2 amide bonds. The van der Waals surface area contributed by atoms with Crippen LogP contribution < -0.4 is 16.0 Å². The summed E-state index contributed by atoms with van der Waals surface area (Å²) in [5.74, 6) is 1.59. The lowest BCUT2D eigenvalue weighted by molar-refractivity contribution is -0.120. The van der Waals surface area contributed by atoms with Gasteiger partial charge in [-0.1, -0.05) is 50.7 Å². The second kappa shape index (κ2) is 11.5. The molecule has 0 fully saturated rings. The smallest absolute Gasteiger partial charge is 0.251 e. The Morgan fingerprint density at radius 3 is 2.62 bits per heavy atom. The fraction of sp³-hybridized carbons (Fsp3) is 0.409. The van der Waals surface area contributed by atoms with Crippen molar-refractivity contribution in [2.75, 3.05) is 30.7 Å². The summed E-state index contributed by atoms with van der Waals surface area (Å²) in [6, 6.07) is 8.80. The number of fused-ring (bicyclic) bond motifs is 1. The molecule has 0 aliphatic heterocycles. The highest BCUT2D eigenvalue weighted by Crippen LogP contribution is 2.24. The van der Waals surface area contributed by atoms with Crippen LogP contribution in [0.25, 0.3) is 11.0 Å². The molecule has 3 N–H and O–H groups in total. The molecule has 0 saturated carbocycles. The number of amides is 2. The molecule has 0 aliphatic rings. The monoisotopic (exact) mass is 455 g/mol. The number of hydrogen-bond acceptors (Lipinski definition) is 7. The molecule has 170 valence electrons. The minimum Gasteiger partial charge on any atom is -0.369 e. The first-order valence-electron chi connectivity index (χ1n) is 10.7. The van der Waals surface area contributed by atoms with Gasteiger partial charge >= 0.3 is 0 Å². The first-order valence-corrected chi connectivity index (χ1v) is 11.7.